The first kappa shape index (κ1) is 13.7. The Morgan fingerprint density at radius 3 is 2.63 bits per heavy atom. The predicted octanol–water partition coefficient (Wildman–Crippen LogP) is 1.87. The lowest BCUT2D eigenvalue weighted by molar-refractivity contribution is 0.245. The number of hydrogen-bond donors (Lipinski definition) is 3. The SMILES string of the molecule is CCN(CCNC(=O)Nc1ccc(N)cc1)C1CC1. The number of rotatable bonds is 6. The molecule has 0 radical (unpaired) electrons. The molecule has 2 amide bonds. The number of hydrogen-bond acceptors (Lipinski definition) is 3. The largest absolute Gasteiger partial charge is 0.399 e. The Labute approximate surface area is 114 Å². The van der Waals surface area contributed by atoms with Gasteiger partial charge in [0.1, 0.15) is 0 Å². The fourth-order valence-electron chi connectivity index (χ4n) is 2.09. The second-order valence-electron chi connectivity index (χ2n) is 4.86. The molecule has 1 aromatic rings. The van der Waals surface area contributed by atoms with Crippen LogP contribution in [0.2, 0.25) is 0 Å². The van der Waals surface area contributed by atoms with Crippen LogP contribution in [0.3, 0.4) is 0 Å². The molecule has 104 valence electrons. The summed E-state index contributed by atoms with van der Waals surface area (Å²) in [7, 11) is 0. The van der Waals surface area contributed by atoms with Gasteiger partial charge in [0.05, 0.1) is 0 Å². The Bertz CT molecular complexity index is 414. The van der Waals surface area contributed by atoms with Gasteiger partial charge in [0.25, 0.3) is 0 Å². The normalized spacial score (nSPS) is 14.4. The molecule has 0 aromatic heterocycles. The van der Waals surface area contributed by atoms with Crippen molar-refractivity contribution in [2.75, 3.05) is 30.7 Å². The summed E-state index contributed by atoms with van der Waals surface area (Å²) in [5, 5.41) is 5.65. The van der Waals surface area contributed by atoms with Crippen LogP contribution in [0.25, 0.3) is 0 Å². The van der Waals surface area contributed by atoms with Crippen LogP contribution >= 0.6 is 0 Å². The molecule has 5 heteroatoms. The van der Waals surface area contributed by atoms with E-state index in [9.17, 15) is 4.79 Å². The minimum Gasteiger partial charge on any atom is -0.399 e. The number of nitrogens with one attached hydrogen (secondary N) is 2. The maximum absolute atomic E-state index is 11.7. The molecule has 0 unspecified atom stereocenters. The molecule has 1 aromatic carbocycles. The summed E-state index contributed by atoms with van der Waals surface area (Å²) in [5.74, 6) is 0. The highest BCUT2D eigenvalue weighted by molar-refractivity contribution is 5.89. The minimum atomic E-state index is -0.170. The Balaban J connectivity index is 1.68. The van der Waals surface area contributed by atoms with Gasteiger partial charge in [0, 0.05) is 30.5 Å². The summed E-state index contributed by atoms with van der Waals surface area (Å²) in [6, 6.07) is 7.68. The van der Waals surface area contributed by atoms with Gasteiger partial charge in [-0.3, -0.25) is 4.90 Å². The summed E-state index contributed by atoms with van der Waals surface area (Å²) in [4.78, 5) is 14.1. The summed E-state index contributed by atoms with van der Waals surface area (Å²) in [5.41, 5.74) is 7.03. The zero-order valence-electron chi connectivity index (χ0n) is 11.4. The number of urea groups is 1. The van der Waals surface area contributed by atoms with E-state index in [1.807, 2.05) is 0 Å². The molecule has 0 saturated heterocycles. The molecule has 0 aliphatic heterocycles. The highest BCUT2D eigenvalue weighted by Gasteiger charge is 2.27. The Hall–Kier alpha value is -1.75. The van der Waals surface area contributed by atoms with Crippen molar-refractivity contribution in [1.82, 2.24) is 10.2 Å². The first-order chi connectivity index (χ1) is 9.19. The highest BCUT2D eigenvalue weighted by atomic mass is 16.2. The number of benzene rings is 1. The number of nitrogens with two attached hydrogens (primary N) is 1. The number of anilines is 2. The zero-order chi connectivity index (χ0) is 13.7. The van der Waals surface area contributed by atoms with Crippen LogP contribution < -0.4 is 16.4 Å². The number of nitrogens with zero attached hydrogens (tertiary/aromatic N) is 1. The average Bonchev–Trinajstić information content (AvgIpc) is 3.22. The summed E-state index contributed by atoms with van der Waals surface area (Å²) < 4.78 is 0. The lowest BCUT2D eigenvalue weighted by Gasteiger charge is -2.19. The lowest BCUT2D eigenvalue weighted by Crippen LogP contribution is -2.37. The number of carbonyl (C=O) groups is 1. The number of likely N-dealkylation sites (N-methyl/N-ethyl adjacent to an activating group) is 1. The summed E-state index contributed by atoms with van der Waals surface area (Å²) >= 11 is 0. The Kier molecular flexibility index (Phi) is 4.63. The maximum atomic E-state index is 11.7. The second-order valence-corrected chi connectivity index (χ2v) is 4.86. The van der Waals surface area contributed by atoms with Crippen molar-refractivity contribution in [3.05, 3.63) is 24.3 Å². The van der Waals surface area contributed by atoms with Crippen LogP contribution in [0.5, 0.6) is 0 Å². The third kappa shape index (κ3) is 4.44. The topological polar surface area (TPSA) is 70.4 Å². The van der Waals surface area contributed by atoms with E-state index >= 15 is 0 Å². The third-order valence-electron chi connectivity index (χ3n) is 3.32. The van der Waals surface area contributed by atoms with Crippen LogP contribution in [0.1, 0.15) is 19.8 Å². The molecular formula is C14H22N4O. The Morgan fingerprint density at radius 2 is 2.05 bits per heavy atom. The van der Waals surface area contributed by atoms with Crippen LogP contribution in [0, 0.1) is 0 Å². The summed E-state index contributed by atoms with van der Waals surface area (Å²) in [6.07, 6.45) is 2.59. The quantitative estimate of drug-likeness (QED) is 0.685. The number of amides is 2. The first-order valence-electron chi connectivity index (χ1n) is 6.83. The van der Waals surface area contributed by atoms with Gasteiger partial charge < -0.3 is 16.4 Å². The van der Waals surface area contributed by atoms with Gasteiger partial charge in [0.2, 0.25) is 0 Å². The van der Waals surface area contributed by atoms with E-state index in [1.54, 1.807) is 24.3 Å². The molecule has 1 fully saturated rings. The number of nitrogen functional groups attached to an aromatic ring is 1. The molecule has 0 heterocycles. The predicted molar refractivity (Wildman–Crippen MR) is 78.1 cm³/mol. The average molecular weight is 262 g/mol. The van der Waals surface area contributed by atoms with E-state index in [1.165, 1.54) is 12.8 Å². The molecule has 1 aliphatic carbocycles. The molecular weight excluding hydrogens is 240 g/mol. The monoisotopic (exact) mass is 262 g/mol. The standard InChI is InChI=1S/C14H22N4O/c1-2-18(13-7-8-13)10-9-16-14(19)17-12-5-3-11(15)4-6-12/h3-6,13H,2,7-10,15H2,1H3,(H2,16,17,19). The van der Waals surface area contributed by atoms with E-state index in [4.69, 9.17) is 5.73 Å². The fraction of sp³-hybridized carbons (Fsp3) is 0.500. The van der Waals surface area contributed by atoms with E-state index in [0.717, 1.165) is 24.8 Å². The van der Waals surface area contributed by atoms with Crippen molar-refractivity contribution in [2.45, 2.75) is 25.8 Å². The fourth-order valence-corrected chi connectivity index (χ4v) is 2.09. The van der Waals surface area contributed by atoms with Crippen LogP contribution in [-0.2, 0) is 0 Å². The smallest absolute Gasteiger partial charge is 0.319 e. The van der Waals surface area contributed by atoms with E-state index in [2.05, 4.69) is 22.5 Å². The maximum Gasteiger partial charge on any atom is 0.319 e. The van der Waals surface area contributed by atoms with E-state index < -0.39 is 0 Å². The van der Waals surface area contributed by atoms with Crippen molar-refractivity contribution in [2.24, 2.45) is 0 Å². The lowest BCUT2D eigenvalue weighted by atomic mass is 10.3. The molecule has 19 heavy (non-hydrogen) atoms. The van der Waals surface area contributed by atoms with E-state index in [0.29, 0.717) is 12.2 Å². The van der Waals surface area contributed by atoms with Gasteiger partial charge in [-0.15, -0.1) is 0 Å². The second kappa shape index (κ2) is 6.43. The molecule has 4 N–H and O–H groups in total. The van der Waals surface area contributed by atoms with Crippen molar-refractivity contribution < 1.29 is 4.79 Å². The molecule has 1 saturated carbocycles. The molecule has 5 nitrogen and oxygen atoms in total. The third-order valence-corrected chi connectivity index (χ3v) is 3.32. The van der Waals surface area contributed by atoms with Crippen molar-refractivity contribution in [3.63, 3.8) is 0 Å². The van der Waals surface area contributed by atoms with Crippen molar-refractivity contribution >= 4 is 17.4 Å². The van der Waals surface area contributed by atoms with Gasteiger partial charge in [-0.25, -0.2) is 4.79 Å². The van der Waals surface area contributed by atoms with Gasteiger partial charge in [-0.1, -0.05) is 6.92 Å². The van der Waals surface area contributed by atoms with Gasteiger partial charge in [0.15, 0.2) is 0 Å². The number of carbonyl (C=O) groups excluding carboxylic acids is 1. The summed E-state index contributed by atoms with van der Waals surface area (Å²) in [6.45, 7) is 4.79. The zero-order valence-corrected chi connectivity index (χ0v) is 11.4. The van der Waals surface area contributed by atoms with Crippen LogP contribution in [0.15, 0.2) is 24.3 Å². The van der Waals surface area contributed by atoms with Gasteiger partial charge in [-0.2, -0.15) is 0 Å². The molecule has 0 bridgehead atoms. The van der Waals surface area contributed by atoms with Crippen molar-refractivity contribution in [3.8, 4) is 0 Å². The van der Waals surface area contributed by atoms with Crippen LogP contribution in [-0.4, -0.2) is 36.6 Å². The molecule has 0 spiro atoms. The highest BCUT2D eigenvalue weighted by Crippen LogP contribution is 2.25. The van der Waals surface area contributed by atoms with Crippen molar-refractivity contribution in [1.29, 1.82) is 0 Å². The van der Waals surface area contributed by atoms with E-state index in [-0.39, 0.29) is 6.03 Å². The Morgan fingerprint density at radius 1 is 1.37 bits per heavy atom. The minimum absolute atomic E-state index is 0.170. The van der Waals surface area contributed by atoms with Gasteiger partial charge in [-0.05, 0) is 43.7 Å². The van der Waals surface area contributed by atoms with Crippen LogP contribution in [0.4, 0.5) is 16.2 Å². The molecule has 2 rings (SSSR count). The molecule has 1 aliphatic rings. The molecule has 0 atom stereocenters. The first-order valence-corrected chi connectivity index (χ1v) is 6.83. The van der Waals surface area contributed by atoms with Gasteiger partial charge >= 0.3 is 6.03 Å².